The molecule has 0 aliphatic rings. The molecule has 0 saturated heterocycles. The summed E-state index contributed by atoms with van der Waals surface area (Å²) in [6, 6.07) is 0.322. The van der Waals surface area contributed by atoms with Gasteiger partial charge in [-0.3, -0.25) is 5.43 Å². The smallest absolute Gasteiger partial charge is 0.243 e. The Morgan fingerprint density at radius 1 is 1.24 bits per heavy atom. The third-order valence-corrected chi connectivity index (χ3v) is 2.25. The fourth-order valence-electron chi connectivity index (χ4n) is 1.42. The van der Waals surface area contributed by atoms with Gasteiger partial charge in [0.1, 0.15) is 0 Å². The number of aromatic nitrogens is 3. The molecule has 1 aromatic heterocycles. The summed E-state index contributed by atoms with van der Waals surface area (Å²) in [5.74, 6) is 6.79. The number of nitrogens with one attached hydrogen (secondary N) is 2. The lowest BCUT2D eigenvalue weighted by molar-refractivity contribution is 0.683. The fourth-order valence-corrected chi connectivity index (χ4v) is 1.42. The minimum absolute atomic E-state index is 0.322. The van der Waals surface area contributed by atoms with Crippen LogP contribution in [0.1, 0.15) is 26.7 Å². The van der Waals surface area contributed by atoms with Crippen molar-refractivity contribution in [1.82, 2.24) is 15.0 Å². The molecule has 7 heteroatoms. The first-order chi connectivity index (χ1) is 8.06. The van der Waals surface area contributed by atoms with Crippen LogP contribution in [0.5, 0.6) is 0 Å². The van der Waals surface area contributed by atoms with Crippen LogP contribution in [0.4, 0.5) is 17.8 Å². The standard InChI is InChI=1S/C10H21N7/c1-5-6-7(2)12-8-13-9(16-11)15-10(14-8)17(3)4/h7H,5-6,11H2,1-4H3,(H2,12,13,14,15,16). The van der Waals surface area contributed by atoms with E-state index in [4.69, 9.17) is 5.84 Å². The van der Waals surface area contributed by atoms with Crippen molar-refractivity contribution in [3.63, 3.8) is 0 Å². The first kappa shape index (κ1) is 13.4. The molecule has 17 heavy (non-hydrogen) atoms. The summed E-state index contributed by atoms with van der Waals surface area (Å²) >= 11 is 0. The van der Waals surface area contributed by atoms with E-state index in [2.05, 4.69) is 39.5 Å². The maximum absolute atomic E-state index is 5.33. The number of rotatable bonds is 6. The molecule has 1 aromatic rings. The molecular formula is C10H21N7. The number of nitrogens with zero attached hydrogens (tertiary/aromatic N) is 4. The van der Waals surface area contributed by atoms with Gasteiger partial charge in [0.15, 0.2) is 0 Å². The summed E-state index contributed by atoms with van der Waals surface area (Å²) in [7, 11) is 3.74. The van der Waals surface area contributed by atoms with Gasteiger partial charge in [0.25, 0.3) is 0 Å². The van der Waals surface area contributed by atoms with Crippen LogP contribution in [0.15, 0.2) is 0 Å². The number of nitrogens with two attached hydrogens (primary N) is 1. The molecule has 0 aliphatic heterocycles. The molecule has 1 atom stereocenters. The minimum atomic E-state index is 0.322. The number of anilines is 3. The van der Waals surface area contributed by atoms with E-state index in [-0.39, 0.29) is 0 Å². The summed E-state index contributed by atoms with van der Waals surface area (Å²) in [5, 5.41) is 3.23. The summed E-state index contributed by atoms with van der Waals surface area (Å²) < 4.78 is 0. The van der Waals surface area contributed by atoms with E-state index in [1.54, 1.807) is 4.90 Å². The number of hydrogen-bond acceptors (Lipinski definition) is 7. The topological polar surface area (TPSA) is 92.0 Å². The zero-order valence-electron chi connectivity index (χ0n) is 10.9. The molecule has 1 heterocycles. The van der Waals surface area contributed by atoms with Crippen LogP contribution in [-0.2, 0) is 0 Å². The van der Waals surface area contributed by atoms with Crippen molar-refractivity contribution in [2.24, 2.45) is 5.84 Å². The Morgan fingerprint density at radius 3 is 2.41 bits per heavy atom. The third kappa shape index (κ3) is 4.03. The molecule has 0 radical (unpaired) electrons. The van der Waals surface area contributed by atoms with Gasteiger partial charge in [-0.1, -0.05) is 13.3 Å². The van der Waals surface area contributed by atoms with Crippen molar-refractivity contribution in [1.29, 1.82) is 0 Å². The molecule has 0 fully saturated rings. The molecule has 1 rings (SSSR count). The van der Waals surface area contributed by atoms with Gasteiger partial charge in [-0.25, -0.2) is 5.84 Å². The summed E-state index contributed by atoms with van der Waals surface area (Å²) in [6.45, 7) is 4.24. The van der Waals surface area contributed by atoms with Gasteiger partial charge in [0, 0.05) is 20.1 Å². The van der Waals surface area contributed by atoms with Crippen molar-refractivity contribution >= 4 is 17.8 Å². The highest BCUT2D eigenvalue weighted by Gasteiger charge is 2.09. The third-order valence-electron chi connectivity index (χ3n) is 2.25. The van der Waals surface area contributed by atoms with E-state index in [9.17, 15) is 0 Å². The summed E-state index contributed by atoms with van der Waals surface area (Å²) in [5.41, 5.74) is 2.44. The van der Waals surface area contributed by atoms with Gasteiger partial charge in [0.05, 0.1) is 0 Å². The predicted octanol–water partition coefficient (Wildman–Crippen LogP) is 0.824. The van der Waals surface area contributed by atoms with E-state index in [1.807, 2.05) is 14.1 Å². The molecule has 0 aromatic carbocycles. The Morgan fingerprint density at radius 2 is 1.88 bits per heavy atom. The van der Waals surface area contributed by atoms with Crippen LogP contribution in [0, 0.1) is 0 Å². The maximum Gasteiger partial charge on any atom is 0.243 e. The van der Waals surface area contributed by atoms with Crippen LogP contribution in [0.25, 0.3) is 0 Å². The average molecular weight is 239 g/mol. The zero-order valence-corrected chi connectivity index (χ0v) is 10.9. The molecule has 0 saturated carbocycles. The summed E-state index contributed by atoms with van der Waals surface area (Å²) in [6.07, 6.45) is 2.18. The Kier molecular flexibility index (Phi) is 4.89. The first-order valence-electron chi connectivity index (χ1n) is 5.73. The van der Waals surface area contributed by atoms with Crippen molar-refractivity contribution in [2.75, 3.05) is 29.7 Å². The molecule has 0 bridgehead atoms. The fraction of sp³-hybridized carbons (Fsp3) is 0.700. The molecule has 0 amide bonds. The highest BCUT2D eigenvalue weighted by atomic mass is 15.4. The van der Waals surface area contributed by atoms with Crippen LogP contribution in [0.3, 0.4) is 0 Å². The van der Waals surface area contributed by atoms with Crippen molar-refractivity contribution in [3.05, 3.63) is 0 Å². The quantitative estimate of drug-likeness (QED) is 0.500. The average Bonchev–Trinajstić information content (AvgIpc) is 2.28. The van der Waals surface area contributed by atoms with Crippen LogP contribution in [-0.4, -0.2) is 35.1 Å². The Labute approximate surface area is 102 Å². The second-order valence-electron chi connectivity index (χ2n) is 4.16. The van der Waals surface area contributed by atoms with Crippen molar-refractivity contribution in [2.45, 2.75) is 32.7 Å². The second kappa shape index (κ2) is 6.19. The maximum atomic E-state index is 5.33. The highest BCUT2D eigenvalue weighted by molar-refractivity contribution is 5.42. The minimum Gasteiger partial charge on any atom is -0.352 e. The van der Waals surface area contributed by atoms with E-state index < -0.39 is 0 Å². The van der Waals surface area contributed by atoms with Crippen LogP contribution < -0.4 is 21.5 Å². The Hall–Kier alpha value is -1.63. The van der Waals surface area contributed by atoms with Gasteiger partial charge >= 0.3 is 0 Å². The van der Waals surface area contributed by atoms with E-state index in [1.165, 1.54) is 0 Å². The Balaban J connectivity index is 2.87. The summed E-state index contributed by atoms with van der Waals surface area (Å²) in [4.78, 5) is 14.4. The van der Waals surface area contributed by atoms with Crippen LogP contribution >= 0.6 is 0 Å². The lowest BCUT2D eigenvalue weighted by Crippen LogP contribution is -2.22. The second-order valence-corrected chi connectivity index (χ2v) is 4.16. The van der Waals surface area contributed by atoms with Crippen molar-refractivity contribution < 1.29 is 0 Å². The van der Waals surface area contributed by atoms with Crippen LogP contribution in [0.2, 0.25) is 0 Å². The monoisotopic (exact) mass is 239 g/mol. The SMILES string of the molecule is CCCC(C)Nc1nc(NN)nc(N(C)C)n1. The Bertz CT molecular complexity index is 353. The molecule has 1 unspecified atom stereocenters. The first-order valence-corrected chi connectivity index (χ1v) is 5.73. The van der Waals surface area contributed by atoms with Gasteiger partial charge in [-0.2, -0.15) is 15.0 Å². The van der Waals surface area contributed by atoms with E-state index in [0.717, 1.165) is 12.8 Å². The van der Waals surface area contributed by atoms with E-state index >= 15 is 0 Å². The molecule has 0 aliphatic carbocycles. The number of hydrogen-bond donors (Lipinski definition) is 3. The van der Waals surface area contributed by atoms with Gasteiger partial charge in [0.2, 0.25) is 17.8 Å². The molecule has 0 spiro atoms. The normalized spacial score (nSPS) is 12.1. The lowest BCUT2D eigenvalue weighted by atomic mass is 10.2. The predicted molar refractivity (Wildman–Crippen MR) is 70.0 cm³/mol. The molecule has 4 N–H and O–H groups in total. The van der Waals surface area contributed by atoms with Crippen molar-refractivity contribution in [3.8, 4) is 0 Å². The highest BCUT2D eigenvalue weighted by Crippen LogP contribution is 2.12. The van der Waals surface area contributed by atoms with E-state index in [0.29, 0.717) is 23.9 Å². The van der Waals surface area contributed by atoms with Gasteiger partial charge in [-0.15, -0.1) is 0 Å². The number of hydrazine groups is 1. The van der Waals surface area contributed by atoms with Gasteiger partial charge < -0.3 is 10.2 Å². The number of nitrogen functional groups attached to an aromatic ring is 1. The largest absolute Gasteiger partial charge is 0.352 e. The van der Waals surface area contributed by atoms with Gasteiger partial charge in [-0.05, 0) is 13.3 Å². The zero-order chi connectivity index (χ0) is 12.8. The lowest BCUT2D eigenvalue weighted by Gasteiger charge is -2.16. The molecular weight excluding hydrogens is 218 g/mol. The molecule has 96 valence electrons. The molecule has 7 nitrogen and oxygen atoms in total.